The lowest BCUT2D eigenvalue weighted by Gasteiger charge is -2.14. The highest BCUT2D eigenvalue weighted by molar-refractivity contribution is 8.26. The van der Waals surface area contributed by atoms with E-state index < -0.39 is 0 Å². The van der Waals surface area contributed by atoms with Gasteiger partial charge in [0.25, 0.3) is 5.91 Å². The number of hydrogen-bond acceptors (Lipinski definition) is 6. The van der Waals surface area contributed by atoms with Gasteiger partial charge < -0.3 is 14.2 Å². The Morgan fingerprint density at radius 3 is 2.40 bits per heavy atom. The van der Waals surface area contributed by atoms with Crippen LogP contribution in [0.2, 0.25) is 0 Å². The van der Waals surface area contributed by atoms with Crippen LogP contribution >= 0.6 is 24.0 Å². The molecule has 0 unspecified atom stereocenters. The van der Waals surface area contributed by atoms with Crippen LogP contribution in [-0.4, -0.2) is 42.0 Å². The Kier molecular flexibility index (Phi) is 7.39. The normalized spacial score (nSPS) is 15.1. The number of amides is 1. The smallest absolute Gasteiger partial charge is 0.265 e. The topological polar surface area (TPSA) is 48.0 Å². The molecule has 158 valence electrons. The number of carbonyl (C=O) groups is 1. The number of hydrogen-bond donors (Lipinski definition) is 0. The van der Waals surface area contributed by atoms with Crippen LogP contribution in [0.4, 0.5) is 0 Å². The molecule has 7 heteroatoms. The SMILES string of the molecule is CCOc1cc(/C=C2/SC(=S)N(C)C2=O)ccc1OCCOc1cc(C)ccc1C. The largest absolute Gasteiger partial charge is 0.490 e. The molecule has 3 rings (SSSR count). The van der Waals surface area contributed by atoms with E-state index in [1.165, 1.54) is 16.7 Å². The van der Waals surface area contributed by atoms with Crippen molar-refractivity contribution in [1.29, 1.82) is 0 Å². The lowest BCUT2D eigenvalue weighted by Crippen LogP contribution is -2.22. The number of thioether (sulfide) groups is 1. The number of ether oxygens (including phenoxy) is 3. The number of thiocarbonyl (C=S) groups is 1. The van der Waals surface area contributed by atoms with Gasteiger partial charge in [-0.2, -0.15) is 0 Å². The zero-order valence-corrected chi connectivity index (χ0v) is 19.2. The molecule has 0 radical (unpaired) electrons. The molecule has 1 saturated heterocycles. The third kappa shape index (κ3) is 5.34. The van der Waals surface area contributed by atoms with Crippen LogP contribution in [0, 0.1) is 13.8 Å². The molecule has 2 aromatic rings. The van der Waals surface area contributed by atoms with Gasteiger partial charge in [-0.25, -0.2) is 0 Å². The van der Waals surface area contributed by atoms with E-state index in [2.05, 4.69) is 6.07 Å². The number of benzene rings is 2. The van der Waals surface area contributed by atoms with Gasteiger partial charge in [-0.1, -0.05) is 42.2 Å². The van der Waals surface area contributed by atoms with Crippen LogP contribution < -0.4 is 14.2 Å². The molecule has 5 nitrogen and oxygen atoms in total. The van der Waals surface area contributed by atoms with Gasteiger partial charge in [0.2, 0.25) is 0 Å². The van der Waals surface area contributed by atoms with Crippen molar-refractivity contribution >= 4 is 40.3 Å². The zero-order valence-electron chi connectivity index (χ0n) is 17.6. The highest BCUT2D eigenvalue weighted by Gasteiger charge is 2.28. The quantitative estimate of drug-likeness (QED) is 0.325. The van der Waals surface area contributed by atoms with Crippen molar-refractivity contribution in [2.75, 3.05) is 26.9 Å². The summed E-state index contributed by atoms with van der Waals surface area (Å²) in [6.45, 7) is 7.31. The van der Waals surface area contributed by atoms with Gasteiger partial charge in [0, 0.05) is 7.05 Å². The molecule has 0 N–H and O–H groups in total. The first-order chi connectivity index (χ1) is 14.4. The van der Waals surface area contributed by atoms with Crippen molar-refractivity contribution in [3.63, 3.8) is 0 Å². The summed E-state index contributed by atoms with van der Waals surface area (Å²) in [5.74, 6) is 2.05. The first kappa shape index (κ1) is 22.2. The van der Waals surface area contributed by atoms with E-state index in [0.29, 0.717) is 40.5 Å². The van der Waals surface area contributed by atoms with E-state index in [1.54, 1.807) is 7.05 Å². The van der Waals surface area contributed by atoms with Gasteiger partial charge in [-0.3, -0.25) is 9.69 Å². The fourth-order valence-electron chi connectivity index (χ4n) is 2.86. The van der Waals surface area contributed by atoms with Crippen molar-refractivity contribution in [3.8, 4) is 17.2 Å². The van der Waals surface area contributed by atoms with Crippen molar-refractivity contribution < 1.29 is 19.0 Å². The summed E-state index contributed by atoms with van der Waals surface area (Å²) in [6.07, 6.45) is 1.82. The van der Waals surface area contributed by atoms with Crippen molar-refractivity contribution in [1.82, 2.24) is 4.90 Å². The van der Waals surface area contributed by atoms with Crippen LogP contribution in [0.5, 0.6) is 17.2 Å². The Labute approximate surface area is 187 Å². The van der Waals surface area contributed by atoms with E-state index in [1.807, 2.05) is 57.2 Å². The molecule has 1 fully saturated rings. The molecule has 0 spiro atoms. The standard InChI is InChI=1S/C23H25NO4S2/c1-5-26-20-13-17(14-21-22(25)24(4)23(29)30-21)8-9-18(20)27-10-11-28-19-12-15(2)6-7-16(19)3/h6-9,12-14H,5,10-11H2,1-4H3/b21-14+. The van der Waals surface area contributed by atoms with E-state index >= 15 is 0 Å². The van der Waals surface area contributed by atoms with Gasteiger partial charge in [-0.15, -0.1) is 0 Å². The number of aryl methyl sites for hydroxylation is 2. The highest BCUT2D eigenvalue weighted by atomic mass is 32.2. The van der Waals surface area contributed by atoms with Crippen LogP contribution in [0.25, 0.3) is 6.08 Å². The molecule has 1 aliphatic rings. The molecular weight excluding hydrogens is 418 g/mol. The Bertz CT molecular complexity index is 987. The molecule has 0 atom stereocenters. The van der Waals surface area contributed by atoms with Crippen molar-refractivity contribution in [2.24, 2.45) is 0 Å². The minimum absolute atomic E-state index is 0.0909. The third-order valence-corrected chi connectivity index (χ3v) is 5.98. The lowest BCUT2D eigenvalue weighted by atomic mass is 10.1. The van der Waals surface area contributed by atoms with Gasteiger partial charge in [0.05, 0.1) is 11.5 Å². The van der Waals surface area contributed by atoms with E-state index in [4.69, 9.17) is 26.4 Å². The summed E-state index contributed by atoms with van der Waals surface area (Å²) in [5.41, 5.74) is 3.11. The molecule has 0 bridgehead atoms. The molecule has 0 saturated carbocycles. The second kappa shape index (κ2) is 10.00. The Hall–Kier alpha value is -2.51. The summed E-state index contributed by atoms with van der Waals surface area (Å²) in [7, 11) is 1.68. The second-order valence-electron chi connectivity index (χ2n) is 6.85. The minimum Gasteiger partial charge on any atom is -0.490 e. The second-order valence-corrected chi connectivity index (χ2v) is 8.52. The average molecular weight is 444 g/mol. The van der Waals surface area contributed by atoms with Crippen molar-refractivity contribution in [3.05, 3.63) is 58.0 Å². The van der Waals surface area contributed by atoms with E-state index in [0.717, 1.165) is 22.4 Å². The minimum atomic E-state index is -0.0909. The molecule has 0 aromatic heterocycles. The summed E-state index contributed by atoms with van der Waals surface area (Å²) in [6, 6.07) is 11.7. The molecule has 1 amide bonds. The Balaban J connectivity index is 1.66. The van der Waals surface area contributed by atoms with Crippen LogP contribution in [0.1, 0.15) is 23.6 Å². The number of carbonyl (C=O) groups excluding carboxylic acids is 1. The fourth-order valence-corrected chi connectivity index (χ4v) is 4.04. The molecule has 2 aromatic carbocycles. The summed E-state index contributed by atoms with van der Waals surface area (Å²) in [5, 5.41) is 0. The molecule has 1 aliphatic heterocycles. The summed E-state index contributed by atoms with van der Waals surface area (Å²) >= 11 is 6.48. The maximum absolute atomic E-state index is 12.2. The van der Waals surface area contributed by atoms with E-state index in [-0.39, 0.29) is 5.91 Å². The number of rotatable bonds is 8. The molecule has 30 heavy (non-hydrogen) atoms. The van der Waals surface area contributed by atoms with Gasteiger partial charge in [0.1, 0.15) is 23.3 Å². The van der Waals surface area contributed by atoms with Crippen LogP contribution in [0.3, 0.4) is 0 Å². The first-order valence-corrected chi connectivity index (χ1v) is 10.9. The summed E-state index contributed by atoms with van der Waals surface area (Å²) < 4.78 is 18.0. The highest BCUT2D eigenvalue weighted by Crippen LogP contribution is 2.34. The van der Waals surface area contributed by atoms with Gasteiger partial charge in [0.15, 0.2) is 11.5 Å². The average Bonchev–Trinajstić information content (AvgIpc) is 2.96. The summed E-state index contributed by atoms with van der Waals surface area (Å²) in [4.78, 5) is 14.3. The molecule has 1 heterocycles. The Morgan fingerprint density at radius 2 is 1.73 bits per heavy atom. The maximum Gasteiger partial charge on any atom is 0.265 e. The monoisotopic (exact) mass is 443 g/mol. The molecular formula is C23H25NO4S2. The van der Waals surface area contributed by atoms with Crippen molar-refractivity contribution in [2.45, 2.75) is 20.8 Å². The van der Waals surface area contributed by atoms with Gasteiger partial charge in [-0.05, 0) is 61.7 Å². The van der Waals surface area contributed by atoms with Crippen LogP contribution in [0.15, 0.2) is 41.3 Å². The lowest BCUT2D eigenvalue weighted by molar-refractivity contribution is -0.121. The predicted molar refractivity (Wildman–Crippen MR) is 125 cm³/mol. The van der Waals surface area contributed by atoms with E-state index in [9.17, 15) is 4.79 Å². The Morgan fingerprint density at radius 1 is 1.00 bits per heavy atom. The number of nitrogens with zero attached hydrogens (tertiary/aromatic N) is 1. The predicted octanol–water partition coefficient (Wildman–Crippen LogP) is 4.99. The van der Waals surface area contributed by atoms with Crippen LogP contribution in [-0.2, 0) is 4.79 Å². The number of likely N-dealkylation sites (N-methyl/N-ethyl adjacent to an activating group) is 1. The first-order valence-electron chi connectivity index (χ1n) is 9.70. The van der Waals surface area contributed by atoms with Gasteiger partial charge >= 0.3 is 0 Å². The molecule has 0 aliphatic carbocycles. The zero-order chi connectivity index (χ0) is 21.7. The third-order valence-electron chi connectivity index (χ3n) is 4.49. The fraction of sp³-hybridized carbons (Fsp3) is 0.304. The maximum atomic E-state index is 12.2.